The largest absolute Gasteiger partial charge is 0.759 e. The molecule has 2 heterocycles. The van der Waals surface area contributed by atoms with E-state index in [1.54, 1.807) is 11.1 Å². The number of hydrogen-bond donors (Lipinski definition) is 0. The second-order valence-electron chi connectivity index (χ2n) is 28.7. The smallest absolute Gasteiger partial charge is 0.169 e. The molecule has 0 unspecified atom stereocenters. The van der Waals surface area contributed by atoms with Crippen LogP contribution in [0.15, 0.2) is 84.5 Å². The topological polar surface area (TPSA) is 122 Å². The van der Waals surface area contributed by atoms with Gasteiger partial charge in [-0.1, -0.05) is 157 Å². The third-order valence-electron chi connectivity index (χ3n) is 24.5. The van der Waals surface area contributed by atoms with Crippen LogP contribution in [0.4, 0.5) is 0 Å². The van der Waals surface area contributed by atoms with Gasteiger partial charge < -0.3 is 9.11 Å². The summed E-state index contributed by atoms with van der Waals surface area (Å²) in [5.41, 5.74) is 3.77. The Morgan fingerprint density at radius 1 is 0.545 bits per heavy atom. The van der Waals surface area contributed by atoms with Gasteiger partial charge in [0.1, 0.15) is 11.6 Å². The first-order valence-electron chi connectivity index (χ1n) is 31.4. The number of carbonyl (C=O) groups excluding carboxylic acids is 2. The van der Waals surface area contributed by atoms with Crippen LogP contribution in [0.25, 0.3) is 0 Å². The predicted molar refractivity (Wildman–Crippen MR) is 307 cm³/mol. The van der Waals surface area contributed by atoms with Gasteiger partial charge in [0.15, 0.2) is 36.9 Å². The summed E-state index contributed by atoms with van der Waals surface area (Å²) in [7, 11) is -5.17. The van der Waals surface area contributed by atoms with Crippen molar-refractivity contribution in [2.24, 2.45) is 91.7 Å². The number of carbonyl (C=O) groups is 2. The lowest BCUT2D eigenvalue weighted by Crippen LogP contribution is -2.56. The summed E-state index contributed by atoms with van der Waals surface area (Å²) in [5, 5.41) is 0. The van der Waals surface area contributed by atoms with Crippen LogP contribution in [0.5, 0.6) is 0 Å². The van der Waals surface area contributed by atoms with Crippen molar-refractivity contribution in [3.63, 3.8) is 0 Å². The number of nitrogens with zero attached hydrogens (tertiary/aromatic N) is 2. The van der Waals surface area contributed by atoms with Crippen molar-refractivity contribution in [1.82, 2.24) is 0 Å². The lowest BCUT2D eigenvalue weighted by molar-refractivity contribution is -0.728. The van der Waals surface area contributed by atoms with Crippen LogP contribution in [0, 0.1) is 91.7 Å². The van der Waals surface area contributed by atoms with Gasteiger partial charge in [-0.2, -0.15) is 0 Å². The molecule has 10 rings (SSSR count). The van der Waals surface area contributed by atoms with E-state index in [2.05, 4.69) is 166 Å². The quantitative estimate of drug-likeness (QED) is 0.0804. The number of rotatable bonds is 14. The highest BCUT2D eigenvalue weighted by Gasteiger charge is 2.70. The Morgan fingerprint density at radius 3 is 1.22 bits per heavy atom. The first kappa shape index (κ1) is 60.1. The monoisotopic (exact) mass is 1080 g/mol. The van der Waals surface area contributed by atoms with Crippen LogP contribution in [-0.4, -0.2) is 29.1 Å². The van der Waals surface area contributed by atoms with E-state index in [0.29, 0.717) is 70.0 Å². The number of Topliss-reactive ketones (excluding diaryl/α,β-unsaturated/α-hetero) is 2. The van der Waals surface area contributed by atoms with Crippen molar-refractivity contribution in [2.75, 3.05) is 0 Å². The SMILES string of the molecule is CC[C@@]12C(=O)C[C@H]([C@H](C)CCCC(C)C)[C@@]1(C)CC[C@H]1C2=CC[C@H]2C[C@@H]([n+]3ccccc3)CC[C@@]21C.CC[C@@]12C(=O)C[C@H]([C@H](C)CCCC(C)C)[C@@]1(C)CC[C@H]1C2=CC[C@H]2C[C@@H]([n+]3ccccc3)CC[C@@]21C.O=S(=O)([O-])[O-]. The first-order chi connectivity index (χ1) is 36.3. The zero-order chi connectivity index (χ0) is 55.9. The number of ketones is 2. The van der Waals surface area contributed by atoms with E-state index in [-0.39, 0.29) is 21.7 Å². The Bertz CT molecular complexity index is 2380. The minimum Gasteiger partial charge on any atom is -0.759 e. The Kier molecular flexibility index (Phi) is 18.3. The van der Waals surface area contributed by atoms with E-state index in [4.69, 9.17) is 17.5 Å². The van der Waals surface area contributed by atoms with Crippen LogP contribution in [0.2, 0.25) is 0 Å². The van der Waals surface area contributed by atoms with Gasteiger partial charge in [0.2, 0.25) is 0 Å². The molecule has 0 amide bonds. The van der Waals surface area contributed by atoms with E-state index >= 15 is 0 Å². The molecular weight excluding hydrogens is 973 g/mol. The van der Waals surface area contributed by atoms with Crippen molar-refractivity contribution in [3.05, 3.63) is 84.5 Å². The van der Waals surface area contributed by atoms with E-state index in [1.807, 2.05) is 0 Å². The first-order valence-corrected chi connectivity index (χ1v) is 32.7. The molecule has 77 heavy (non-hydrogen) atoms. The maximum Gasteiger partial charge on any atom is 0.169 e. The fourth-order valence-corrected chi connectivity index (χ4v) is 20.2. The van der Waals surface area contributed by atoms with E-state index in [0.717, 1.165) is 49.4 Å². The lowest BCUT2D eigenvalue weighted by atomic mass is 9.42. The van der Waals surface area contributed by atoms with Gasteiger partial charge in [0, 0.05) is 73.2 Å². The molecule has 6 saturated carbocycles. The van der Waals surface area contributed by atoms with Gasteiger partial charge in [0.25, 0.3) is 0 Å². The molecule has 0 N–H and O–H groups in total. The van der Waals surface area contributed by atoms with E-state index < -0.39 is 10.4 Å². The molecule has 6 fully saturated rings. The maximum atomic E-state index is 14.2. The Hall–Kier alpha value is -3.01. The molecule has 8 aliphatic carbocycles. The molecule has 0 aromatic carbocycles. The highest BCUT2D eigenvalue weighted by Crippen LogP contribution is 2.74. The second-order valence-corrected chi connectivity index (χ2v) is 29.5. The molecular formula is C68H104N2O6S. The third kappa shape index (κ3) is 11.0. The molecule has 0 bridgehead atoms. The molecule has 9 heteroatoms. The number of allylic oxidation sites excluding steroid dienone is 4. The minimum atomic E-state index is -5.17. The number of pyridine rings is 2. The molecule has 0 aliphatic heterocycles. The summed E-state index contributed by atoms with van der Waals surface area (Å²) in [6.45, 7) is 29.3. The summed E-state index contributed by atoms with van der Waals surface area (Å²) in [6.07, 6.45) is 40.9. The van der Waals surface area contributed by atoms with E-state index in [1.165, 1.54) is 116 Å². The fourth-order valence-electron chi connectivity index (χ4n) is 20.2. The van der Waals surface area contributed by atoms with Crippen LogP contribution in [-0.2, 0) is 20.0 Å². The Balaban J connectivity index is 0.000000187. The number of hydrogen-bond acceptors (Lipinski definition) is 6. The number of aromatic nitrogens is 2. The zero-order valence-electron chi connectivity index (χ0n) is 50.2. The Labute approximate surface area is 468 Å². The molecule has 2 aromatic rings. The summed E-state index contributed by atoms with van der Waals surface area (Å²) < 4.78 is 39.0. The van der Waals surface area contributed by atoms with Crippen molar-refractivity contribution in [3.8, 4) is 0 Å². The van der Waals surface area contributed by atoms with Crippen molar-refractivity contribution >= 4 is 22.0 Å². The molecule has 0 saturated heterocycles. The van der Waals surface area contributed by atoms with Crippen LogP contribution in [0.3, 0.4) is 0 Å². The summed E-state index contributed by atoms with van der Waals surface area (Å²) in [5.74, 6) is 7.82. The highest BCUT2D eigenvalue weighted by molar-refractivity contribution is 7.79. The van der Waals surface area contributed by atoms with Crippen molar-refractivity contribution in [1.29, 1.82) is 0 Å². The van der Waals surface area contributed by atoms with Gasteiger partial charge in [-0.15, -0.1) is 0 Å². The van der Waals surface area contributed by atoms with Crippen LogP contribution >= 0.6 is 0 Å². The summed E-state index contributed by atoms with van der Waals surface area (Å²) >= 11 is 0. The summed E-state index contributed by atoms with van der Waals surface area (Å²) in [6, 6.07) is 14.2. The minimum absolute atomic E-state index is 0.138. The fraction of sp³-hybridized carbons (Fsp3) is 0.765. The Morgan fingerprint density at radius 2 is 0.896 bits per heavy atom. The van der Waals surface area contributed by atoms with Crippen LogP contribution in [0.1, 0.15) is 236 Å². The van der Waals surface area contributed by atoms with Gasteiger partial charge in [-0.05, 0) is 145 Å². The average Bonchev–Trinajstić information content (AvgIpc) is 3.83. The van der Waals surface area contributed by atoms with Gasteiger partial charge >= 0.3 is 0 Å². The highest BCUT2D eigenvalue weighted by atomic mass is 32.3. The van der Waals surface area contributed by atoms with Crippen molar-refractivity contribution in [2.45, 2.75) is 236 Å². The second kappa shape index (κ2) is 23.5. The van der Waals surface area contributed by atoms with Gasteiger partial charge in [-0.25, -0.2) is 9.13 Å². The molecule has 0 spiro atoms. The lowest BCUT2D eigenvalue weighted by Gasteiger charge is -2.61. The predicted octanol–water partition coefficient (Wildman–Crippen LogP) is 15.7. The maximum absolute atomic E-state index is 14.2. The van der Waals surface area contributed by atoms with Crippen molar-refractivity contribution < 1.29 is 36.2 Å². The summed E-state index contributed by atoms with van der Waals surface area (Å²) in [4.78, 5) is 28.4. The molecule has 428 valence electrons. The third-order valence-corrected chi connectivity index (χ3v) is 24.5. The molecule has 0 radical (unpaired) electrons. The standard InChI is InChI=1S/2C34H52NO.H2O4S/c2*1-7-34-29-15-14-26-22-27(35-20-9-8-10-21-35)16-18-32(26,5)28(29)17-19-33(34,6)30(23-31(34)36)25(4)13-11-12-24(2)3;1-5(2,3)4/h2*8-10,15,20-21,24-28,30H,7,11-14,16-19,22-23H2,1-6H3;(H2,1,2,3,4)/q2*+1;/p-2/t2*25-,26+,27+,28+,30-,32+,33-,34-;/m11./s1. The van der Waals surface area contributed by atoms with Gasteiger partial charge in [-0.3, -0.25) is 18.0 Å². The molecule has 16 atom stereocenters. The zero-order valence-corrected chi connectivity index (χ0v) is 51.0. The normalized spacial score (nSPS) is 39.0. The average molecular weight is 1080 g/mol. The van der Waals surface area contributed by atoms with E-state index in [9.17, 15) is 9.59 Å². The number of fused-ring (bicyclic) bond motifs is 10. The van der Waals surface area contributed by atoms with Crippen LogP contribution < -0.4 is 9.13 Å². The van der Waals surface area contributed by atoms with Gasteiger partial charge in [0.05, 0.1) is 10.8 Å². The molecule has 2 aromatic heterocycles. The molecule has 8 aliphatic rings. The molecule has 8 nitrogen and oxygen atoms in total.